The average Bonchev–Trinajstić information content (AvgIpc) is 2.54. The van der Waals surface area contributed by atoms with Crippen molar-refractivity contribution in [1.82, 2.24) is 5.32 Å². The molecule has 1 N–H and O–H groups in total. The van der Waals surface area contributed by atoms with Crippen molar-refractivity contribution >= 4 is 17.7 Å². The third-order valence-electron chi connectivity index (χ3n) is 3.95. The largest absolute Gasteiger partial charge is 0.348 e. The fraction of sp³-hybridized carbons (Fsp3) is 0.350. The zero-order chi connectivity index (χ0) is 16.8. The van der Waals surface area contributed by atoms with E-state index >= 15 is 0 Å². The number of carbonyl (C=O) groups excluding carboxylic acids is 1. The molecule has 23 heavy (non-hydrogen) atoms. The molecule has 0 radical (unpaired) electrons. The maximum atomic E-state index is 12.5. The summed E-state index contributed by atoms with van der Waals surface area (Å²) in [6.45, 7) is 8.27. The normalized spacial score (nSPS) is 13.4. The van der Waals surface area contributed by atoms with E-state index in [9.17, 15) is 4.79 Å². The van der Waals surface area contributed by atoms with Crippen LogP contribution in [0.1, 0.15) is 43.0 Å². The Morgan fingerprint density at radius 3 is 2.43 bits per heavy atom. The Kier molecular flexibility index (Phi) is 6.28. The van der Waals surface area contributed by atoms with Gasteiger partial charge < -0.3 is 5.32 Å². The molecule has 0 aromatic heterocycles. The van der Waals surface area contributed by atoms with Gasteiger partial charge in [0.05, 0.1) is 11.3 Å². The van der Waals surface area contributed by atoms with Crippen LogP contribution in [0.25, 0.3) is 0 Å². The first-order chi connectivity index (χ1) is 11.0. The van der Waals surface area contributed by atoms with Gasteiger partial charge in [-0.25, -0.2) is 0 Å². The lowest BCUT2D eigenvalue weighted by Crippen LogP contribution is -2.34. The standard InChI is InChI=1S/C20H25NOS/c1-5-19(18-12-11-14(2)13-15(18)3)21-20(22)16(4)23-17-9-7-6-8-10-17/h6-13,16,19H,5H2,1-4H3,(H,21,22)/t16-,19-/m0/s1. The zero-order valence-electron chi connectivity index (χ0n) is 14.3. The average molecular weight is 327 g/mol. The van der Waals surface area contributed by atoms with Gasteiger partial charge in [-0.2, -0.15) is 0 Å². The van der Waals surface area contributed by atoms with Crippen LogP contribution >= 0.6 is 11.8 Å². The van der Waals surface area contributed by atoms with Crippen molar-refractivity contribution in [2.75, 3.05) is 0 Å². The molecule has 0 spiro atoms. The van der Waals surface area contributed by atoms with Gasteiger partial charge in [0.2, 0.25) is 5.91 Å². The van der Waals surface area contributed by atoms with Crippen LogP contribution in [0, 0.1) is 13.8 Å². The van der Waals surface area contributed by atoms with Crippen LogP contribution < -0.4 is 5.32 Å². The van der Waals surface area contributed by atoms with E-state index in [1.807, 2.05) is 37.3 Å². The molecule has 0 aliphatic carbocycles. The second-order valence-corrected chi connectivity index (χ2v) is 7.32. The molecule has 0 bridgehead atoms. The highest BCUT2D eigenvalue weighted by molar-refractivity contribution is 8.00. The van der Waals surface area contributed by atoms with E-state index in [2.05, 4.69) is 44.3 Å². The molecule has 2 aromatic carbocycles. The van der Waals surface area contributed by atoms with Gasteiger partial charge in [0, 0.05) is 4.90 Å². The van der Waals surface area contributed by atoms with Crippen molar-refractivity contribution in [3.05, 3.63) is 65.2 Å². The van der Waals surface area contributed by atoms with E-state index in [-0.39, 0.29) is 17.2 Å². The number of carbonyl (C=O) groups is 1. The van der Waals surface area contributed by atoms with Crippen LogP contribution in [0.3, 0.4) is 0 Å². The fourth-order valence-corrected chi connectivity index (χ4v) is 3.56. The topological polar surface area (TPSA) is 29.1 Å². The van der Waals surface area contributed by atoms with Gasteiger partial charge in [-0.05, 0) is 50.5 Å². The van der Waals surface area contributed by atoms with Crippen molar-refractivity contribution in [2.45, 2.75) is 50.3 Å². The van der Waals surface area contributed by atoms with Gasteiger partial charge in [0.1, 0.15) is 0 Å². The van der Waals surface area contributed by atoms with Crippen molar-refractivity contribution in [2.24, 2.45) is 0 Å². The third kappa shape index (κ3) is 4.87. The summed E-state index contributed by atoms with van der Waals surface area (Å²) < 4.78 is 0. The minimum Gasteiger partial charge on any atom is -0.348 e. The van der Waals surface area contributed by atoms with E-state index in [4.69, 9.17) is 0 Å². The predicted molar refractivity (Wildman–Crippen MR) is 98.9 cm³/mol. The molecule has 0 aliphatic heterocycles. The molecule has 1 amide bonds. The molecule has 2 rings (SSSR count). The summed E-state index contributed by atoms with van der Waals surface area (Å²) in [5.74, 6) is 0.0886. The summed E-state index contributed by atoms with van der Waals surface area (Å²) >= 11 is 1.59. The number of hydrogen-bond acceptors (Lipinski definition) is 2. The lowest BCUT2D eigenvalue weighted by atomic mass is 9.97. The highest BCUT2D eigenvalue weighted by Gasteiger charge is 2.19. The van der Waals surface area contributed by atoms with Crippen molar-refractivity contribution in [1.29, 1.82) is 0 Å². The van der Waals surface area contributed by atoms with Gasteiger partial charge in [-0.3, -0.25) is 4.79 Å². The maximum Gasteiger partial charge on any atom is 0.233 e. The number of aryl methyl sites for hydroxylation is 2. The maximum absolute atomic E-state index is 12.5. The minimum atomic E-state index is -0.114. The smallest absolute Gasteiger partial charge is 0.233 e. The highest BCUT2D eigenvalue weighted by Crippen LogP contribution is 2.25. The van der Waals surface area contributed by atoms with E-state index in [0.29, 0.717) is 0 Å². The van der Waals surface area contributed by atoms with Crippen LogP contribution in [-0.4, -0.2) is 11.2 Å². The van der Waals surface area contributed by atoms with Gasteiger partial charge in [0.15, 0.2) is 0 Å². The SMILES string of the molecule is CC[C@H](NC(=O)[C@H](C)Sc1ccccc1)c1ccc(C)cc1C. The summed E-state index contributed by atoms with van der Waals surface area (Å²) in [5, 5.41) is 3.09. The predicted octanol–water partition coefficient (Wildman–Crippen LogP) is 5.05. The van der Waals surface area contributed by atoms with E-state index < -0.39 is 0 Å². The molecule has 3 heteroatoms. The monoisotopic (exact) mass is 327 g/mol. The van der Waals surface area contributed by atoms with E-state index in [1.54, 1.807) is 11.8 Å². The van der Waals surface area contributed by atoms with E-state index in [1.165, 1.54) is 16.7 Å². The summed E-state index contributed by atoms with van der Waals surface area (Å²) in [5.41, 5.74) is 3.70. The molecular weight excluding hydrogens is 302 g/mol. The lowest BCUT2D eigenvalue weighted by Gasteiger charge is -2.22. The summed E-state index contributed by atoms with van der Waals surface area (Å²) in [6, 6.07) is 16.5. The third-order valence-corrected chi connectivity index (χ3v) is 5.06. The van der Waals surface area contributed by atoms with Crippen LogP contribution in [0.15, 0.2) is 53.4 Å². The Balaban J connectivity index is 2.04. The number of hydrogen-bond donors (Lipinski definition) is 1. The summed E-state index contributed by atoms with van der Waals surface area (Å²) in [6.07, 6.45) is 0.887. The Hall–Kier alpha value is -1.74. The summed E-state index contributed by atoms with van der Waals surface area (Å²) in [4.78, 5) is 13.7. The van der Waals surface area contributed by atoms with Crippen LogP contribution in [0.4, 0.5) is 0 Å². The molecule has 0 saturated carbocycles. The van der Waals surface area contributed by atoms with Gasteiger partial charge in [0.25, 0.3) is 0 Å². The van der Waals surface area contributed by atoms with Crippen LogP contribution in [0.2, 0.25) is 0 Å². The molecule has 0 saturated heterocycles. The molecule has 0 heterocycles. The van der Waals surface area contributed by atoms with Gasteiger partial charge in [-0.1, -0.05) is 48.9 Å². The molecule has 122 valence electrons. The molecule has 0 aliphatic rings. The number of nitrogens with one attached hydrogen (secondary N) is 1. The van der Waals surface area contributed by atoms with Crippen molar-refractivity contribution in [3.63, 3.8) is 0 Å². The van der Waals surface area contributed by atoms with Crippen molar-refractivity contribution < 1.29 is 4.79 Å². The Labute approximate surface area is 143 Å². The Bertz CT molecular complexity index is 654. The molecule has 2 atom stereocenters. The Morgan fingerprint density at radius 1 is 1.13 bits per heavy atom. The zero-order valence-corrected chi connectivity index (χ0v) is 15.1. The molecule has 0 fully saturated rings. The second-order valence-electron chi connectivity index (χ2n) is 5.90. The van der Waals surface area contributed by atoms with Gasteiger partial charge in [-0.15, -0.1) is 11.8 Å². The quantitative estimate of drug-likeness (QED) is 0.752. The number of rotatable bonds is 6. The first kappa shape index (κ1) is 17.6. The first-order valence-electron chi connectivity index (χ1n) is 8.10. The Morgan fingerprint density at radius 2 is 1.83 bits per heavy atom. The number of benzene rings is 2. The highest BCUT2D eigenvalue weighted by atomic mass is 32.2. The lowest BCUT2D eigenvalue weighted by molar-refractivity contribution is -0.121. The van der Waals surface area contributed by atoms with Crippen LogP contribution in [-0.2, 0) is 4.79 Å². The van der Waals surface area contributed by atoms with E-state index in [0.717, 1.165) is 11.3 Å². The number of amides is 1. The molecular formula is C20H25NOS. The molecule has 2 nitrogen and oxygen atoms in total. The van der Waals surface area contributed by atoms with Crippen molar-refractivity contribution in [3.8, 4) is 0 Å². The van der Waals surface area contributed by atoms with Gasteiger partial charge >= 0.3 is 0 Å². The number of thioether (sulfide) groups is 1. The van der Waals surface area contributed by atoms with Crippen LogP contribution in [0.5, 0.6) is 0 Å². The minimum absolute atomic E-state index is 0.0712. The molecule has 2 aromatic rings. The molecule has 0 unspecified atom stereocenters. The second kappa shape index (κ2) is 8.21. The summed E-state index contributed by atoms with van der Waals surface area (Å²) in [7, 11) is 0. The fourth-order valence-electron chi connectivity index (χ4n) is 2.66. The first-order valence-corrected chi connectivity index (χ1v) is 8.98.